The minimum Gasteiger partial charge on any atom is -0.465 e. The first kappa shape index (κ1) is 27.6. The predicted octanol–water partition coefficient (Wildman–Crippen LogP) is 5.65. The summed E-state index contributed by atoms with van der Waals surface area (Å²) in [6.45, 7) is 3.05. The van der Waals surface area contributed by atoms with E-state index in [-0.39, 0.29) is 47.9 Å². The maximum absolute atomic E-state index is 16.8. The molecule has 9 rings (SSSR count). The Bertz CT molecular complexity index is 1760. The Morgan fingerprint density at radius 1 is 1.09 bits per heavy atom. The van der Waals surface area contributed by atoms with Crippen molar-refractivity contribution in [3.05, 3.63) is 54.0 Å². The Morgan fingerprint density at radius 3 is 2.89 bits per heavy atom. The zero-order chi connectivity index (χ0) is 29.8. The fraction of sp³-hybridized carbons (Fsp3) is 0.471. The molecule has 4 aromatic rings. The number of fused-ring (bicyclic) bond motifs is 6. The first-order chi connectivity index (χ1) is 21.5. The third-order valence-electron chi connectivity index (χ3n) is 10.0. The summed E-state index contributed by atoms with van der Waals surface area (Å²) in [6, 6.07) is 11.8. The number of pyridine rings is 1. The van der Waals surface area contributed by atoms with Gasteiger partial charge in [-0.15, -0.1) is 0 Å². The van der Waals surface area contributed by atoms with Crippen molar-refractivity contribution in [1.82, 2.24) is 19.9 Å². The van der Waals surface area contributed by atoms with Gasteiger partial charge >= 0.3 is 12.0 Å². The molecular formula is C34H35F2N5O3. The van der Waals surface area contributed by atoms with Gasteiger partial charge in [0.2, 0.25) is 0 Å². The van der Waals surface area contributed by atoms with Crippen LogP contribution in [0.15, 0.2) is 42.6 Å². The third kappa shape index (κ3) is 4.74. The van der Waals surface area contributed by atoms with Gasteiger partial charge in [-0.2, -0.15) is 9.97 Å². The third-order valence-corrected chi connectivity index (χ3v) is 10.0. The number of benzene rings is 2. The average molecular weight is 600 g/mol. The average Bonchev–Trinajstić information content (AvgIpc) is 3.55. The number of rotatable bonds is 3. The van der Waals surface area contributed by atoms with E-state index in [1.165, 1.54) is 0 Å². The van der Waals surface area contributed by atoms with Gasteiger partial charge in [-0.3, -0.25) is 14.7 Å². The van der Waals surface area contributed by atoms with Crippen molar-refractivity contribution in [1.29, 1.82) is 0 Å². The molecule has 3 atom stereocenters. The van der Waals surface area contributed by atoms with Gasteiger partial charge in [0.1, 0.15) is 29.8 Å². The second-order valence-corrected chi connectivity index (χ2v) is 12.8. The Hall–Kier alpha value is -3.92. The SMILES string of the molecule is O=C1CC2CCCN(C2)c2nc(OC[C@@]34CCCN3C[C@H](F)C4)nc3c(F)c(ncc23)-c2cccc3cccc(c23)CCO1. The number of carbonyl (C=O) groups excluding carboxylic acids is 1. The number of hydrogen-bond donors (Lipinski definition) is 0. The lowest BCUT2D eigenvalue weighted by Crippen LogP contribution is -2.43. The van der Waals surface area contributed by atoms with Gasteiger partial charge in [-0.25, -0.2) is 8.78 Å². The lowest BCUT2D eigenvalue weighted by Gasteiger charge is -2.34. The molecule has 8 nitrogen and oxygen atoms in total. The normalized spacial score (nSPS) is 25.6. The van der Waals surface area contributed by atoms with E-state index in [0.717, 1.165) is 48.6 Å². The van der Waals surface area contributed by atoms with Crippen LogP contribution < -0.4 is 9.64 Å². The van der Waals surface area contributed by atoms with Crippen LogP contribution in [0.1, 0.15) is 44.1 Å². The monoisotopic (exact) mass is 599 g/mol. The highest BCUT2D eigenvalue weighted by molar-refractivity contribution is 6.00. The van der Waals surface area contributed by atoms with Crippen molar-refractivity contribution in [2.45, 2.75) is 56.7 Å². The molecule has 2 aromatic heterocycles. The standard InChI is InChI=1S/C34H35F2N5O3/c35-24-16-34(11-4-13-41(34)19-24)20-44-33-38-31-26-17-37-30(29(31)36)25-9-2-8-22-6-1-7-23(28(22)25)10-14-43-27(42)15-21-5-3-12-40(18-21)32(26)39-33/h1-2,6-9,17,21,24H,3-5,10-16,18-20H2/t21?,24-,34+/m1/s1. The summed E-state index contributed by atoms with van der Waals surface area (Å²) in [5, 5.41) is 2.32. The topological polar surface area (TPSA) is 80.7 Å². The molecule has 10 heteroatoms. The number of alkyl halides is 1. The molecule has 0 radical (unpaired) electrons. The highest BCUT2D eigenvalue weighted by Gasteiger charge is 2.49. The van der Waals surface area contributed by atoms with Crippen LogP contribution >= 0.6 is 0 Å². The van der Waals surface area contributed by atoms with Crippen LogP contribution in [-0.2, 0) is 16.0 Å². The minimum absolute atomic E-state index is 0.0747. The summed E-state index contributed by atoms with van der Waals surface area (Å²) < 4.78 is 43.2. The summed E-state index contributed by atoms with van der Waals surface area (Å²) in [5.41, 5.74) is 1.57. The van der Waals surface area contributed by atoms with Crippen molar-refractivity contribution in [3.63, 3.8) is 0 Å². The number of aromatic nitrogens is 3. The van der Waals surface area contributed by atoms with E-state index >= 15 is 4.39 Å². The van der Waals surface area contributed by atoms with Crippen LogP contribution in [-0.4, -0.2) is 76.9 Å². The fourth-order valence-electron chi connectivity index (χ4n) is 7.98. The predicted molar refractivity (Wildman–Crippen MR) is 163 cm³/mol. The molecule has 5 aliphatic heterocycles. The van der Waals surface area contributed by atoms with E-state index < -0.39 is 12.0 Å². The molecule has 228 valence electrons. The Morgan fingerprint density at radius 2 is 1.98 bits per heavy atom. The van der Waals surface area contributed by atoms with Crippen LogP contribution in [0, 0.1) is 11.7 Å². The lowest BCUT2D eigenvalue weighted by molar-refractivity contribution is -0.144. The Balaban J connectivity index is 1.28. The summed E-state index contributed by atoms with van der Waals surface area (Å²) in [5.74, 6) is -0.121. The number of halogens is 2. The number of hydrogen-bond acceptors (Lipinski definition) is 8. The number of ether oxygens (including phenoxy) is 2. The number of anilines is 1. The van der Waals surface area contributed by atoms with Gasteiger partial charge in [0.15, 0.2) is 5.82 Å². The molecule has 0 spiro atoms. The van der Waals surface area contributed by atoms with Gasteiger partial charge in [-0.1, -0.05) is 36.4 Å². The van der Waals surface area contributed by atoms with E-state index in [1.807, 2.05) is 36.4 Å². The number of carbonyl (C=O) groups is 1. The van der Waals surface area contributed by atoms with Crippen LogP contribution in [0.3, 0.4) is 0 Å². The summed E-state index contributed by atoms with van der Waals surface area (Å²) in [4.78, 5) is 31.3. The van der Waals surface area contributed by atoms with Gasteiger partial charge in [-0.05, 0) is 54.5 Å². The molecule has 5 aliphatic rings. The van der Waals surface area contributed by atoms with E-state index in [9.17, 15) is 9.18 Å². The molecule has 0 aliphatic carbocycles. The minimum atomic E-state index is -0.882. The summed E-state index contributed by atoms with van der Waals surface area (Å²) >= 11 is 0. The zero-order valence-electron chi connectivity index (χ0n) is 24.6. The van der Waals surface area contributed by atoms with Crippen molar-refractivity contribution in [2.75, 3.05) is 44.3 Å². The van der Waals surface area contributed by atoms with Crippen molar-refractivity contribution in [3.8, 4) is 17.3 Å². The van der Waals surface area contributed by atoms with Crippen LogP contribution in [0.5, 0.6) is 6.01 Å². The van der Waals surface area contributed by atoms with E-state index in [0.29, 0.717) is 55.7 Å². The number of esters is 1. The maximum Gasteiger partial charge on any atom is 0.319 e. The Kier molecular flexibility index (Phi) is 6.85. The number of nitrogens with zero attached hydrogens (tertiary/aromatic N) is 5. The van der Waals surface area contributed by atoms with E-state index in [2.05, 4.69) is 19.8 Å². The highest BCUT2D eigenvalue weighted by Crippen LogP contribution is 2.41. The summed E-state index contributed by atoms with van der Waals surface area (Å²) in [7, 11) is 0. The van der Waals surface area contributed by atoms with Gasteiger partial charge < -0.3 is 14.4 Å². The van der Waals surface area contributed by atoms with Crippen LogP contribution in [0.2, 0.25) is 0 Å². The first-order valence-electron chi connectivity index (χ1n) is 15.8. The van der Waals surface area contributed by atoms with E-state index in [4.69, 9.17) is 14.5 Å². The second-order valence-electron chi connectivity index (χ2n) is 12.8. The maximum atomic E-state index is 16.8. The molecule has 7 heterocycles. The van der Waals surface area contributed by atoms with Crippen molar-refractivity contribution in [2.24, 2.45) is 5.92 Å². The largest absolute Gasteiger partial charge is 0.465 e. The molecule has 3 fully saturated rings. The second kappa shape index (κ2) is 10.9. The molecule has 3 saturated heterocycles. The molecular weight excluding hydrogens is 564 g/mol. The molecule has 1 unspecified atom stereocenters. The summed E-state index contributed by atoms with van der Waals surface area (Å²) in [6.07, 6.45) is 5.62. The van der Waals surface area contributed by atoms with Gasteiger partial charge in [0.05, 0.1) is 24.0 Å². The van der Waals surface area contributed by atoms with Gasteiger partial charge in [0, 0.05) is 44.2 Å². The molecule has 44 heavy (non-hydrogen) atoms. The zero-order valence-corrected chi connectivity index (χ0v) is 24.6. The van der Waals surface area contributed by atoms with Crippen LogP contribution in [0.25, 0.3) is 32.9 Å². The van der Waals surface area contributed by atoms with E-state index in [1.54, 1.807) is 6.20 Å². The first-order valence-corrected chi connectivity index (χ1v) is 15.8. The van der Waals surface area contributed by atoms with Crippen LogP contribution in [0.4, 0.5) is 14.6 Å². The van der Waals surface area contributed by atoms with Gasteiger partial charge in [0.25, 0.3) is 0 Å². The van der Waals surface area contributed by atoms with Crippen molar-refractivity contribution >= 4 is 33.5 Å². The molecule has 0 N–H and O–H groups in total. The quantitative estimate of drug-likeness (QED) is 0.280. The fourth-order valence-corrected chi connectivity index (χ4v) is 7.98. The number of piperidine rings is 1. The smallest absolute Gasteiger partial charge is 0.319 e. The molecule has 2 aromatic carbocycles. The van der Waals surface area contributed by atoms with Crippen molar-refractivity contribution < 1.29 is 23.0 Å². The molecule has 6 bridgehead atoms. The lowest BCUT2D eigenvalue weighted by atomic mass is 9.94. The highest BCUT2D eigenvalue weighted by atomic mass is 19.1. The Labute approximate surface area is 254 Å². The molecule has 0 saturated carbocycles. The molecule has 0 amide bonds.